The number of benzene rings is 1. The molecule has 27 heavy (non-hydrogen) atoms. The molecule has 6 heteroatoms. The number of hydrogen-bond acceptors (Lipinski definition) is 3. The van der Waals surface area contributed by atoms with Gasteiger partial charge >= 0.3 is 5.97 Å². The smallest absolute Gasteiger partial charge is 0.306 e. The Morgan fingerprint density at radius 1 is 1.11 bits per heavy atom. The Balaban J connectivity index is 1.89. The summed E-state index contributed by atoms with van der Waals surface area (Å²) >= 11 is 0. The van der Waals surface area contributed by atoms with E-state index in [-0.39, 0.29) is 12.3 Å². The van der Waals surface area contributed by atoms with Crippen LogP contribution in [0.15, 0.2) is 24.3 Å². The molecule has 144 valence electrons. The van der Waals surface area contributed by atoms with Crippen molar-refractivity contribution in [3.8, 4) is 5.69 Å². The van der Waals surface area contributed by atoms with Gasteiger partial charge in [0.2, 0.25) is 0 Å². The van der Waals surface area contributed by atoms with E-state index < -0.39 is 12.1 Å². The lowest BCUT2D eigenvalue weighted by molar-refractivity contribution is -0.141. The molecule has 0 aliphatic carbocycles. The van der Waals surface area contributed by atoms with Crippen LogP contribution in [0.25, 0.3) is 5.69 Å². The number of morpholine rings is 1. The molecule has 1 aliphatic rings. The fraction of sp³-hybridized carbons (Fsp3) is 0.429. The van der Waals surface area contributed by atoms with E-state index in [1.54, 1.807) is 4.90 Å². The minimum atomic E-state index is -0.915. The first kappa shape index (κ1) is 19.2. The van der Waals surface area contributed by atoms with Gasteiger partial charge in [-0.1, -0.05) is 6.07 Å². The van der Waals surface area contributed by atoms with E-state index in [4.69, 9.17) is 9.84 Å². The van der Waals surface area contributed by atoms with E-state index in [9.17, 15) is 9.59 Å². The predicted octanol–water partition coefficient (Wildman–Crippen LogP) is 3.03. The summed E-state index contributed by atoms with van der Waals surface area (Å²) in [5, 5.41) is 8.98. The third-order valence-electron chi connectivity index (χ3n) is 4.95. The van der Waals surface area contributed by atoms with Gasteiger partial charge in [0.15, 0.2) is 0 Å². The number of ether oxygens (including phenoxy) is 1. The molecule has 1 saturated heterocycles. The highest BCUT2D eigenvalue weighted by atomic mass is 16.5. The highest BCUT2D eigenvalue weighted by Crippen LogP contribution is 2.24. The molecule has 1 aromatic heterocycles. The Labute approximate surface area is 159 Å². The van der Waals surface area contributed by atoms with Crippen LogP contribution in [0.3, 0.4) is 0 Å². The topological polar surface area (TPSA) is 71.8 Å². The molecule has 1 amide bonds. The molecule has 1 aromatic carbocycles. The summed E-state index contributed by atoms with van der Waals surface area (Å²) < 4.78 is 7.58. The molecule has 1 N–H and O–H groups in total. The predicted molar refractivity (Wildman–Crippen MR) is 103 cm³/mol. The Bertz CT molecular complexity index is 864. The summed E-state index contributed by atoms with van der Waals surface area (Å²) in [6.45, 7) is 9.21. The number of aliphatic carboxylic acids is 1. The van der Waals surface area contributed by atoms with Crippen molar-refractivity contribution in [2.24, 2.45) is 0 Å². The van der Waals surface area contributed by atoms with Crippen molar-refractivity contribution < 1.29 is 19.4 Å². The largest absolute Gasteiger partial charge is 0.481 e. The van der Waals surface area contributed by atoms with Gasteiger partial charge in [0, 0.05) is 30.2 Å². The van der Waals surface area contributed by atoms with Crippen LogP contribution in [0.5, 0.6) is 0 Å². The normalized spacial score (nSPS) is 17.2. The minimum absolute atomic E-state index is 0.0718. The van der Waals surface area contributed by atoms with Crippen LogP contribution < -0.4 is 0 Å². The number of aromatic nitrogens is 1. The first-order chi connectivity index (χ1) is 12.8. The van der Waals surface area contributed by atoms with Crippen LogP contribution in [-0.2, 0) is 9.53 Å². The number of hydrogen-bond donors (Lipinski definition) is 1. The number of aryl methyl sites for hydroxylation is 3. The molecule has 2 aromatic rings. The lowest BCUT2D eigenvalue weighted by Gasteiger charge is -2.32. The quantitative estimate of drug-likeness (QED) is 0.898. The Morgan fingerprint density at radius 3 is 2.41 bits per heavy atom. The molecular weight excluding hydrogens is 344 g/mol. The number of amides is 1. The number of rotatable bonds is 4. The fourth-order valence-electron chi connectivity index (χ4n) is 3.85. The molecular formula is C21H26N2O4. The van der Waals surface area contributed by atoms with Crippen molar-refractivity contribution >= 4 is 11.9 Å². The van der Waals surface area contributed by atoms with Crippen LogP contribution in [0.2, 0.25) is 0 Å². The standard InChI is InChI=1S/C21H26N2O4/c1-13-7-14(2)9-17(8-13)23-15(3)10-19(16(23)4)21(26)22-5-6-27-18(12-22)11-20(24)25/h7-10,18H,5-6,11-12H2,1-4H3,(H,24,25). The van der Waals surface area contributed by atoms with Crippen LogP contribution in [0, 0.1) is 27.7 Å². The number of carbonyl (C=O) groups excluding carboxylic acids is 1. The molecule has 1 unspecified atom stereocenters. The SMILES string of the molecule is Cc1cc(C)cc(-n2c(C)cc(C(=O)N3CCOC(CC(=O)O)C3)c2C)c1. The van der Waals surface area contributed by atoms with Crippen molar-refractivity contribution in [2.45, 2.75) is 40.2 Å². The van der Waals surface area contributed by atoms with Crippen molar-refractivity contribution in [1.29, 1.82) is 0 Å². The third kappa shape index (κ3) is 4.06. The van der Waals surface area contributed by atoms with Gasteiger partial charge in [-0.25, -0.2) is 0 Å². The zero-order chi connectivity index (χ0) is 19.7. The molecule has 0 bridgehead atoms. The van der Waals surface area contributed by atoms with Crippen molar-refractivity contribution in [3.63, 3.8) is 0 Å². The summed E-state index contributed by atoms with van der Waals surface area (Å²) in [5.41, 5.74) is 5.94. The van der Waals surface area contributed by atoms with Gasteiger partial charge in [-0.15, -0.1) is 0 Å². The maximum atomic E-state index is 13.1. The van der Waals surface area contributed by atoms with Crippen molar-refractivity contribution in [1.82, 2.24) is 9.47 Å². The summed E-state index contributed by atoms with van der Waals surface area (Å²) in [4.78, 5) is 25.7. The lowest BCUT2D eigenvalue weighted by atomic mass is 10.1. The van der Waals surface area contributed by atoms with Crippen LogP contribution in [-0.4, -0.2) is 52.3 Å². The van der Waals surface area contributed by atoms with E-state index in [1.807, 2.05) is 19.9 Å². The van der Waals surface area contributed by atoms with Gasteiger partial charge in [-0.05, 0) is 57.0 Å². The molecule has 1 aliphatic heterocycles. The highest BCUT2D eigenvalue weighted by Gasteiger charge is 2.28. The average molecular weight is 370 g/mol. The van der Waals surface area contributed by atoms with Gasteiger partial charge in [0.1, 0.15) is 0 Å². The Morgan fingerprint density at radius 2 is 1.78 bits per heavy atom. The van der Waals surface area contributed by atoms with Gasteiger partial charge in [-0.2, -0.15) is 0 Å². The molecule has 2 heterocycles. The van der Waals surface area contributed by atoms with E-state index >= 15 is 0 Å². The second-order valence-corrected chi connectivity index (χ2v) is 7.31. The molecule has 1 fully saturated rings. The highest BCUT2D eigenvalue weighted by molar-refractivity contribution is 5.96. The maximum Gasteiger partial charge on any atom is 0.306 e. The van der Waals surface area contributed by atoms with E-state index in [0.29, 0.717) is 25.3 Å². The van der Waals surface area contributed by atoms with Crippen molar-refractivity contribution in [3.05, 3.63) is 52.3 Å². The summed E-state index contributed by atoms with van der Waals surface area (Å²) in [5.74, 6) is -0.986. The molecule has 3 rings (SSSR count). The maximum absolute atomic E-state index is 13.1. The molecule has 6 nitrogen and oxygen atoms in total. The third-order valence-corrected chi connectivity index (χ3v) is 4.95. The van der Waals surface area contributed by atoms with E-state index in [1.165, 1.54) is 11.1 Å². The molecule has 0 spiro atoms. The number of carbonyl (C=O) groups is 2. The fourth-order valence-corrected chi connectivity index (χ4v) is 3.85. The number of carboxylic acids is 1. The first-order valence-electron chi connectivity index (χ1n) is 9.16. The Hall–Kier alpha value is -2.60. The average Bonchev–Trinajstić information content (AvgIpc) is 2.87. The molecule has 1 atom stereocenters. The second-order valence-electron chi connectivity index (χ2n) is 7.31. The zero-order valence-corrected chi connectivity index (χ0v) is 16.3. The van der Waals surface area contributed by atoms with E-state index in [0.717, 1.165) is 17.1 Å². The van der Waals surface area contributed by atoms with Gasteiger partial charge in [0.25, 0.3) is 5.91 Å². The van der Waals surface area contributed by atoms with Crippen LogP contribution in [0.4, 0.5) is 0 Å². The molecule has 0 radical (unpaired) electrons. The number of carboxylic acid groups (broad SMARTS) is 1. The summed E-state index contributed by atoms with van der Waals surface area (Å²) in [7, 11) is 0. The van der Waals surface area contributed by atoms with Crippen molar-refractivity contribution in [2.75, 3.05) is 19.7 Å². The zero-order valence-electron chi connectivity index (χ0n) is 16.3. The van der Waals surface area contributed by atoms with Gasteiger partial charge in [-0.3, -0.25) is 9.59 Å². The Kier molecular flexibility index (Phi) is 5.37. The first-order valence-corrected chi connectivity index (χ1v) is 9.16. The van der Waals surface area contributed by atoms with Gasteiger partial charge < -0.3 is 19.3 Å². The van der Waals surface area contributed by atoms with Crippen LogP contribution >= 0.6 is 0 Å². The van der Waals surface area contributed by atoms with E-state index in [2.05, 4.69) is 36.6 Å². The monoisotopic (exact) mass is 370 g/mol. The van der Waals surface area contributed by atoms with Crippen LogP contribution in [0.1, 0.15) is 39.3 Å². The number of nitrogens with zero attached hydrogens (tertiary/aromatic N) is 2. The second kappa shape index (κ2) is 7.56. The molecule has 0 saturated carbocycles. The lowest BCUT2D eigenvalue weighted by Crippen LogP contribution is -2.46. The summed E-state index contributed by atoms with van der Waals surface area (Å²) in [6, 6.07) is 8.26. The minimum Gasteiger partial charge on any atom is -0.481 e. The summed E-state index contributed by atoms with van der Waals surface area (Å²) in [6.07, 6.45) is -0.547. The van der Waals surface area contributed by atoms with Gasteiger partial charge in [0.05, 0.1) is 24.7 Å².